The Bertz CT molecular complexity index is 836. The molecule has 0 aliphatic rings. The van der Waals surface area contributed by atoms with E-state index in [2.05, 4.69) is 99.7 Å². The van der Waals surface area contributed by atoms with Crippen molar-refractivity contribution in [2.75, 3.05) is 0 Å². The largest absolute Gasteiger partial charge is 4.00 e. The molecule has 0 aliphatic carbocycles. The minimum Gasteiger partial charge on any atom is -1.00 e. The second kappa shape index (κ2) is 21.3. The number of rotatable bonds is 2. The normalized spacial score (nSPS) is 8.45. The fraction of sp³-hybridized carbons (Fsp3) is 0.250. The summed E-state index contributed by atoms with van der Waals surface area (Å²) in [6.45, 7) is 8.99. The predicted octanol–water partition coefficient (Wildman–Crippen LogP) is -4.96. The van der Waals surface area contributed by atoms with Crippen LogP contribution in [0.4, 0.5) is 0 Å². The average molecular weight is 669 g/mol. The zero-order chi connectivity index (χ0) is 18.9. The molecular weight excluding hydrogens is 641 g/mol. The van der Waals surface area contributed by atoms with Gasteiger partial charge in [0.05, 0.1) is 0 Å². The van der Waals surface area contributed by atoms with Crippen molar-refractivity contribution in [3.63, 3.8) is 0 Å². The second-order valence-corrected chi connectivity index (χ2v) is 16.1. The second-order valence-electron chi connectivity index (χ2n) is 6.69. The molecule has 0 spiro atoms. The zero-order valence-corrected chi connectivity index (χ0v) is 27.3. The van der Waals surface area contributed by atoms with Crippen molar-refractivity contribution in [2.45, 2.75) is 39.8 Å². The molecule has 0 aliphatic heterocycles. The Morgan fingerprint density at radius 3 is 1.23 bits per heavy atom. The number of halogens is 4. The van der Waals surface area contributed by atoms with Crippen molar-refractivity contribution in [1.82, 2.24) is 0 Å². The van der Waals surface area contributed by atoms with Crippen molar-refractivity contribution < 1.29 is 99.2 Å². The van der Waals surface area contributed by atoms with Crippen LogP contribution >= 0.6 is 0 Å². The summed E-state index contributed by atoms with van der Waals surface area (Å²) in [5, 5.41) is 5.46. The van der Waals surface area contributed by atoms with Gasteiger partial charge in [0, 0.05) is 0 Å². The quantitative estimate of drug-likeness (QED) is 0.149. The van der Waals surface area contributed by atoms with Gasteiger partial charge in [-0.15, -0.1) is 81.2 Å². The first-order chi connectivity index (χ1) is 12.5. The molecule has 0 aromatic heterocycles. The standard InChI is InChI=1S/2C11H11.C2H6Si.4ClH.2Zr/c2*1-2-9-7-10-5-3-4-6-11(10)8-9;1-3-2;;;;;;/h2*3-8H,2H2,1H3;1-2H3;4*1H;;/q2*-1;;;;;;+2;+4/p-4. The Hall–Kier alpha value is 0.803. The number of hydrogen-bond acceptors (Lipinski definition) is 0. The average Bonchev–Trinajstić information content (AvgIpc) is 3.24. The van der Waals surface area contributed by atoms with Gasteiger partial charge in [0.2, 0.25) is 0 Å². The molecule has 0 atom stereocenters. The molecule has 0 unspecified atom stereocenters. The van der Waals surface area contributed by atoms with Gasteiger partial charge < -0.3 is 49.6 Å². The third-order valence-electron chi connectivity index (χ3n) is 4.17. The molecule has 4 aromatic rings. The Morgan fingerprint density at radius 1 is 0.677 bits per heavy atom. The van der Waals surface area contributed by atoms with Gasteiger partial charge in [-0.1, -0.05) is 26.0 Å². The van der Waals surface area contributed by atoms with Gasteiger partial charge >= 0.3 is 68.1 Å². The fourth-order valence-electron chi connectivity index (χ4n) is 2.84. The molecule has 31 heavy (non-hydrogen) atoms. The van der Waals surface area contributed by atoms with E-state index in [1.807, 2.05) is 0 Å². The summed E-state index contributed by atoms with van der Waals surface area (Å²) in [6.07, 6.45) is 2.27. The fourth-order valence-corrected chi connectivity index (χ4v) is 2.84. The van der Waals surface area contributed by atoms with E-state index in [1.165, 1.54) is 32.7 Å². The molecule has 0 nitrogen and oxygen atoms in total. The summed E-state index contributed by atoms with van der Waals surface area (Å²) in [5.41, 5.74) is 3.08. The molecule has 0 radical (unpaired) electrons. The number of fused-ring (bicyclic) bond motifs is 2. The van der Waals surface area contributed by atoms with E-state index in [0.717, 1.165) is 12.8 Å². The molecule has 7 heteroatoms. The molecule has 0 bridgehead atoms. The van der Waals surface area contributed by atoms with E-state index in [-0.39, 0.29) is 81.3 Å². The van der Waals surface area contributed by atoms with Crippen LogP contribution in [0.15, 0.2) is 72.8 Å². The van der Waals surface area contributed by atoms with Crippen molar-refractivity contribution in [3.8, 4) is 0 Å². The van der Waals surface area contributed by atoms with Crippen LogP contribution in [-0.4, -0.2) is 5.43 Å². The van der Waals surface area contributed by atoms with Crippen molar-refractivity contribution >= 4 is 27.0 Å². The van der Waals surface area contributed by atoms with Gasteiger partial charge in [-0.2, -0.15) is 12.1 Å². The predicted molar refractivity (Wildman–Crippen MR) is 115 cm³/mol. The smallest absolute Gasteiger partial charge is 1.00 e. The van der Waals surface area contributed by atoms with Crippen LogP contribution < -0.4 is 49.6 Å². The van der Waals surface area contributed by atoms with Crippen LogP contribution in [0.3, 0.4) is 0 Å². The molecular formula is C24H28Cl4SiZr2. The summed E-state index contributed by atoms with van der Waals surface area (Å²) >= 11 is 1.74. The third kappa shape index (κ3) is 13.9. The van der Waals surface area contributed by atoms with Crippen molar-refractivity contribution in [3.05, 3.63) is 83.9 Å². The first-order valence-corrected chi connectivity index (χ1v) is 15.5. The van der Waals surface area contributed by atoms with E-state index < -0.39 is 0 Å². The maximum atomic E-state index is 2.31. The van der Waals surface area contributed by atoms with E-state index in [4.69, 9.17) is 0 Å². The minimum absolute atomic E-state index is 0. The Morgan fingerprint density at radius 2 is 0.968 bits per heavy atom. The number of aryl methyl sites for hydroxylation is 2. The SMILES string of the molecule is CCc1cc2ccccc2[cH-]1.CCc1cc2ccccc2[cH-]1.C[Si](C)=[Zr+2].[Cl-].[Cl-].[Cl-].[Cl-].[Zr+4]. The van der Waals surface area contributed by atoms with Crippen LogP contribution in [-0.2, 0) is 62.4 Å². The summed E-state index contributed by atoms with van der Waals surface area (Å²) in [5.74, 6) is 0. The van der Waals surface area contributed by atoms with Crippen LogP contribution in [0.1, 0.15) is 25.0 Å². The first-order valence-electron chi connectivity index (χ1n) is 9.34. The van der Waals surface area contributed by atoms with Crippen molar-refractivity contribution in [2.24, 2.45) is 0 Å². The summed E-state index contributed by atoms with van der Waals surface area (Å²) in [7, 11) is 0. The summed E-state index contributed by atoms with van der Waals surface area (Å²) in [4.78, 5) is 0. The molecule has 0 N–H and O–H groups in total. The molecule has 0 amide bonds. The molecule has 4 rings (SSSR count). The van der Waals surface area contributed by atoms with E-state index >= 15 is 0 Å². The Kier molecular flexibility index (Phi) is 26.9. The molecule has 0 saturated heterocycles. The van der Waals surface area contributed by atoms with Crippen LogP contribution in [0, 0.1) is 0 Å². The molecule has 0 heterocycles. The maximum Gasteiger partial charge on any atom is 4.00 e. The number of benzene rings is 2. The Balaban J connectivity index is -0.000000177. The van der Waals surface area contributed by atoms with Gasteiger partial charge in [-0.05, 0) is 12.8 Å². The van der Waals surface area contributed by atoms with E-state index in [0.29, 0.717) is 0 Å². The molecule has 4 aromatic carbocycles. The molecule has 164 valence electrons. The van der Waals surface area contributed by atoms with Gasteiger partial charge in [0.1, 0.15) is 0 Å². The van der Waals surface area contributed by atoms with Crippen molar-refractivity contribution in [1.29, 1.82) is 0 Å². The summed E-state index contributed by atoms with van der Waals surface area (Å²) < 4.78 is 0. The van der Waals surface area contributed by atoms with Gasteiger partial charge in [-0.3, -0.25) is 0 Å². The monoisotopic (exact) mass is 664 g/mol. The van der Waals surface area contributed by atoms with E-state index in [1.54, 1.807) is 23.3 Å². The molecule has 0 saturated carbocycles. The molecule has 0 fully saturated rings. The van der Waals surface area contributed by atoms with Gasteiger partial charge in [-0.25, -0.2) is 0 Å². The van der Waals surface area contributed by atoms with Gasteiger partial charge in [0.15, 0.2) is 0 Å². The summed E-state index contributed by atoms with van der Waals surface area (Å²) in [6, 6.07) is 26.0. The van der Waals surface area contributed by atoms with Crippen LogP contribution in [0.5, 0.6) is 0 Å². The maximum absolute atomic E-state index is 2.31. The topological polar surface area (TPSA) is 0 Å². The third-order valence-corrected chi connectivity index (χ3v) is 4.17. The Labute approximate surface area is 247 Å². The number of hydrogen-bond donors (Lipinski definition) is 0. The van der Waals surface area contributed by atoms with E-state index in [9.17, 15) is 0 Å². The van der Waals surface area contributed by atoms with Gasteiger partial charge in [0.25, 0.3) is 0 Å². The zero-order valence-electron chi connectivity index (χ0n) is 18.4. The van der Waals surface area contributed by atoms with Crippen LogP contribution in [0.25, 0.3) is 21.5 Å². The minimum atomic E-state index is 0. The van der Waals surface area contributed by atoms with Crippen LogP contribution in [0.2, 0.25) is 13.1 Å². The first kappa shape index (κ1) is 39.0.